The van der Waals surface area contributed by atoms with E-state index >= 15 is 0 Å². The molecule has 2 unspecified atom stereocenters. The molecule has 0 saturated carbocycles. The molecule has 7 heteroatoms. The number of carboxylic acids is 1. The van der Waals surface area contributed by atoms with Gasteiger partial charge in [-0.15, -0.1) is 17.0 Å². The molecule has 2 atom stereocenters. The van der Waals surface area contributed by atoms with E-state index in [1.54, 1.807) is 19.2 Å². The number of piperidine rings is 1. The number of methoxy groups -OCH3 is 1. The standard InChI is InChI=1S/C28H31NO5.BrH/c1-32-26-9-5-3-7-22(26)19-34-27-18-29-16-14-24(27)21-10-12-23(13-11-21)33-17-15-20-6-2-4-8-25(20)28(30)31;/h2-13,24,27,29H,14-19H2,1H3,(H,30,31);1H. The van der Waals surface area contributed by atoms with E-state index in [1.165, 1.54) is 5.56 Å². The van der Waals surface area contributed by atoms with Crippen LogP contribution in [0.2, 0.25) is 0 Å². The topological polar surface area (TPSA) is 77.0 Å². The summed E-state index contributed by atoms with van der Waals surface area (Å²) in [5.74, 6) is 1.00. The van der Waals surface area contributed by atoms with Crippen LogP contribution >= 0.6 is 17.0 Å². The third kappa shape index (κ3) is 7.07. The molecule has 6 nitrogen and oxygen atoms in total. The summed E-state index contributed by atoms with van der Waals surface area (Å²) >= 11 is 0. The lowest BCUT2D eigenvalue weighted by Gasteiger charge is -2.32. The predicted octanol–water partition coefficient (Wildman–Crippen LogP) is 5.26. The summed E-state index contributed by atoms with van der Waals surface area (Å²) in [7, 11) is 1.68. The lowest BCUT2D eigenvalue weighted by molar-refractivity contribution is 0.00982. The highest BCUT2D eigenvalue weighted by Crippen LogP contribution is 2.30. The number of nitrogens with one attached hydrogen (secondary N) is 1. The zero-order valence-electron chi connectivity index (χ0n) is 19.8. The molecule has 35 heavy (non-hydrogen) atoms. The zero-order valence-corrected chi connectivity index (χ0v) is 21.5. The van der Waals surface area contributed by atoms with Gasteiger partial charge in [0.15, 0.2) is 0 Å². The number of carboxylic acid groups (broad SMARTS) is 1. The molecular formula is C28H32BrNO5. The molecular weight excluding hydrogens is 510 g/mol. The van der Waals surface area contributed by atoms with Crippen molar-refractivity contribution in [3.05, 3.63) is 95.1 Å². The van der Waals surface area contributed by atoms with E-state index in [0.29, 0.717) is 31.1 Å². The van der Waals surface area contributed by atoms with Crippen LogP contribution in [0.15, 0.2) is 72.8 Å². The highest BCUT2D eigenvalue weighted by molar-refractivity contribution is 8.93. The normalized spacial score (nSPS) is 17.3. The fourth-order valence-electron chi connectivity index (χ4n) is 4.44. The average Bonchev–Trinajstić information content (AvgIpc) is 2.88. The summed E-state index contributed by atoms with van der Waals surface area (Å²) in [4.78, 5) is 11.4. The van der Waals surface area contributed by atoms with Crippen molar-refractivity contribution in [2.75, 3.05) is 26.8 Å². The summed E-state index contributed by atoms with van der Waals surface area (Å²) in [6, 6.07) is 23.2. The first-order valence-electron chi connectivity index (χ1n) is 11.6. The fourth-order valence-corrected chi connectivity index (χ4v) is 4.44. The maximum Gasteiger partial charge on any atom is 0.335 e. The molecule has 3 aromatic carbocycles. The van der Waals surface area contributed by atoms with Crippen molar-refractivity contribution in [3.8, 4) is 11.5 Å². The molecule has 186 valence electrons. The van der Waals surface area contributed by atoms with Gasteiger partial charge in [0.1, 0.15) is 11.5 Å². The number of para-hydroxylation sites is 1. The first-order chi connectivity index (χ1) is 16.7. The van der Waals surface area contributed by atoms with E-state index < -0.39 is 5.97 Å². The van der Waals surface area contributed by atoms with Gasteiger partial charge in [0.2, 0.25) is 0 Å². The van der Waals surface area contributed by atoms with Gasteiger partial charge >= 0.3 is 5.97 Å². The van der Waals surface area contributed by atoms with Crippen molar-refractivity contribution in [1.82, 2.24) is 5.32 Å². The number of rotatable bonds is 10. The van der Waals surface area contributed by atoms with Crippen molar-refractivity contribution < 1.29 is 24.1 Å². The summed E-state index contributed by atoms with van der Waals surface area (Å²) in [5, 5.41) is 12.8. The van der Waals surface area contributed by atoms with E-state index in [9.17, 15) is 9.90 Å². The number of hydrogen-bond donors (Lipinski definition) is 2. The molecule has 0 bridgehead atoms. The second-order valence-electron chi connectivity index (χ2n) is 8.39. The third-order valence-electron chi connectivity index (χ3n) is 6.27. The fraction of sp³-hybridized carbons (Fsp3) is 0.321. The minimum Gasteiger partial charge on any atom is -0.496 e. The van der Waals surface area contributed by atoms with Crippen LogP contribution in [-0.4, -0.2) is 44.0 Å². The molecule has 0 spiro atoms. The smallest absolute Gasteiger partial charge is 0.335 e. The highest BCUT2D eigenvalue weighted by atomic mass is 79.9. The Hall–Kier alpha value is -2.87. The lowest BCUT2D eigenvalue weighted by atomic mass is 9.87. The molecule has 3 aromatic rings. The summed E-state index contributed by atoms with van der Waals surface area (Å²) in [6.45, 7) is 2.69. The third-order valence-corrected chi connectivity index (χ3v) is 6.27. The second kappa shape index (κ2) is 13.3. The largest absolute Gasteiger partial charge is 0.496 e. The van der Waals surface area contributed by atoms with Gasteiger partial charge in [-0.1, -0.05) is 48.5 Å². The van der Waals surface area contributed by atoms with Crippen molar-refractivity contribution in [1.29, 1.82) is 0 Å². The number of aromatic carboxylic acids is 1. The van der Waals surface area contributed by atoms with E-state index in [0.717, 1.165) is 42.1 Å². The second-order valence-corrected chi connectivity index (χ2v) is 8.39. The van der Waals surface area contributed by atoms with Crippen LogP contribution in [0.4, 0.5) is 0 Å². The molecule has 1 fully saturated rings. The number of benzene rings is 3. The Morgan fingerprint density at radius 3 is 2.46 bits per heavy atom. The summed E-state index contributed by atoms with van der Waals surface area (Å²) < 4.78 is 17.7. The molecule has 4 rings (SSSR count). The SMILES string of the molecule is Br.COc1ccccc1COC1CNCCC1c1ccc(OCCc2ccccc2C(=O)O)cc1. The van der Waals surface area contributed by atoms with Gasteiger partial charge < -0.3 is 24.6 Å². The Labute approximate surface area is 217 Å². The van der Waals surface area contributed by atoms with Gasteiger partial charge in [-0.2, -0.15) is 0 Å². The molecule has 0 aromatic heterocycles. The maximum atomic E-state index is 11.4. The van der Waals surface area contributed by atoms with E-state index in [4.69, 9.17) is 14.2 Å². The Morgan fingerprint density at radius 2 is 1.71 bits per heavy atom. The summed E-state index contributed by atoms with van der Waals surface area (Å²) in [5.41, 5.74) is 3.38. The zero-order chi connectivity index (χ0) is 23.8. The minimum absolute atomic E-state index is 0. The van der Waals surface area contributed by atoms with E-state index in [-0.39, 0.29) is 23.1 Å². The van der Waals surface area contributed by atoms with Gasteiger partial charge in [0.05, 0.1) is 32.0 Å². The van der Waals surface area contributed by atoms with Crippen LogP contribution in [0.3, 0.4) is 0 Å². The molecule has 0 aliphatic carbocycles. The molecule has 0 radical (unpaired) electrons. The van der Waals surface area contributed by atoms with Crippen molar-refractivity contribution in [2.24, 2.45) is 0 Å². The van der Waals surface area contributed by atoms with Crippen molar-refractivity contribution in [3.63, 3.8) is 0 Å². The van der Waals surface area contributed by atoms with Gasteiger partial charge in [-0.3, -0.25) is 0 Å². The first kappa shape index (κ1) is 26.7. The van der Waals surface area contributed by atoms with Gasteiger partial charge in [0, 0.05) is 24.4 Å². The Balaban J connectivity index is 0.00000342. The quantitative estimate of drug-likeness (QED) is 0.364. The Kier molecular flexibility index (Phi) is 10.1. The van der Waals surface area contributed by atoms with Crippen LogP contribution in [0.25, 0.3) is 0 Å². The number of halogens is 1. The van der Waals surface area contributed by atoms with E-state index in [2.05, 4.69) is 17.4 Å². The maximum absolute atomic E-state index is 11.4. The van der Waals surface area contributed by atoms with Crippen LogP contribution in [0.5, 0.6) is 11.5 Å². The van der Waals surface area contributed by atoms with Crippen LogP contribution in [0.1, 0.15) is 39.4 Å². The minimum atomic E-state index is -0.913. The van der Waals surface area contributed by atoms with Crippen LogP contribution in [0, 0.1) is 0 Å². The molecule has 1 aliphatic heterocycles. The van der Waals surface area contributed by atoms with Crippen molar-refractivity contribution in [2.45, 2.75) is 31.5 Å². The summed E-state index contributed by atoms with van der Waals surface area (Å²) in [6.07, 6.45) is 1.61. The highest BCUT2D eigenvalue weighted by Gasteiger charge is 2.27. The lowest BCUT2D eigenvalue weighted by Crippen LogP contribution is -2.40. The van der Waals surface area contributed by atoms with Crippen LogP contribution < -0.4 is 14.8 Å². The molecule has 1 saturated heterocycles. The van der Waals surface area contributed by atoms with Gasteiger partial charge in [-0.25, -0.2) is 4.79 Å². The first-order valence-corrected chi connectivity index (χ1v) is 11.6. The monoisotopic (exact) mass is 541 g/mol. The Bertz CT molecular complexity index is 1090. The average molecular weight is 542 g/mol. The number of carbonyl (C=O) groups is 1. The van der Waals surface area contributed by atoms with E-state index in [1.807, 2.05) is 48.5 Å². The number of hydrogen-bond acceptors (Lipinski definition) is 5. The Morgan fingerprint density at radius 1 is 1.00 bits per heavy atom. The molecule has 1 aliphatic rings. The number of ether oxygens (including phenoxy) is 3. The van der Waals surface area contributed by atoms with Gasteiger partial charge in [-0.05, 0) is 48.4 Å². The molecule has 0 amide bonds. The molecule has 1 heterocycles. The molecule has 2 N–H and O–H groups in total. The predicted molar refractivity (Wildman–Crippen MR) is 141 cm³/mol. The van der Waals surface area contributed by atoms with Crippen LogP contribution in [-0.2, 0) is 17.8 Å². The van der Waals surface area contributed by atoms with Gasteiger partial charge in [0.25, 0.3) is 0 Å². The van der Waals surface area contributed by atoms with Crippen molar-refractivity contribution >= 4 is 23.0 Å².